The van der Waals surface area contributed by atoms with Gasteiger partial charge in [-0.15, -0.1) is 0 Å². The molecular formula is C10H15N5O. The molecule has 0 aliphatic heterocycles. The van der Waals surface area contributed by atoms with Crippen LogP contribution in [0.2, 0.25) is 0 Å². The fourth-order valence-electron chi connectivity index (χ4n) is 1.63. The Bertz CT molecular complexity index is 482. The summed E-state index contributed by atoms with van der Waals surface area (Å²) in [5, 5.41) is 13.1. The summed E-state index contributed by atoms with van der Waals surface area (Å²) in [5.74, 6) is 0.624. The van der Waals surface area contributed by atoms with E-state index in [9.17, 15) is 4.79 Å². The average molecular weight is 221 g/mol. The highest BCUT2D eigenvalue weighted by Crippen LogP contribution is 2.11. The number of hydrogen-bond acceptors (Lipinski definition) is 3. The number of nitrogens with one attached hydrogen (secondary N) is 2. The van der Waals surface area contributed by atoms with Gasteiger partial charge in [-0.05, 0) is 12.5 Å². The molecule has 2 N–H and O–H groups in total. The highest BCUT2D eigenvalue weighted by atomic mass is 16.1. The zero-order valence-corrected chi connectivity index (χ0v) is 9.23. The standard InChI is InChI=1S/C10H15N5O/c1-2-3-4-7-15-9(13-14-10(15)16)8-5-6-11-12-8/h5-6H,2-4,7H2,1H3,(H,11,12)(H,14,16). The summed E-state index contributed by atoms with van der Waals surface area (Å²) < 4.78 is 1.64. The smallest absolute Gasteiger partial charge is 0.275 e. The minimum atomic E-state index is -0.166. The summed E-state index contributed by atoms with van der Waals surface area (Å²) >= 11 is 0. The predicted octanol–water partition coefficient (Wildman–Crippen LogP) is 1.15. The van der Waals surface area contributed by atoms with Gasteiger partial charge in [0.15, 0.2) is 5.82 Å². The van der Waals surface area contributed by atoms with Crippen LogP contribution >= 0.6 is 0 Å². The molecule has 0 unspecified atom stereocenters. The summed E-state index contributed by atoms with van der Waals surface area (Å²) in [6, 6.07) is 1.80. The summed E-state index contributed by atoms with van der Waals surface area (Å²) in [7, 11) is 0. The molecule has 86 valence electrons. The Morgan fingerprint density at radius 2 is 2.25 bits per heavy atom. The molecule has 0 atom stereocenters. The third kappa shape index (κ3) is 2.05. The molecule has 0 bridgehead atoms. The van der Waals surface area contributed by atoms with Crippen molar-refractivity contribution in [2.45, 2.75) is 32.7 Å². The average Bonchev–Trinajstić information content (AvgIpc) is 2.89. The first kappa shape index (κ1) is 10.7. The molecule has 2 aromatic rings. The molecule has 0 amide bonds. The van der Waals surface area contributed by atoms with Gasteiger partial charge in [0.25, 0.3) is 0 Å². The van der Waals surface area contributed by atoms with Crippen molar-refractivity contribution in [2.75, 3.05) is 0 Å². The van der Waals surface area contributed by atoms with Gasteiger partial charge in [-0.1, -0.05) is 19.8 Å². The van der Waals surface area contributed by atoms with Crippen molar-refractivity contribution >= 4 is 0 Å². The van der Waals surface area contributed by atoms with Gasteiger partial charge in [0.05, 0.1) is 0 Å². The number of unbranched alkanes of at least 4 members (excludes halogenated alkanes) is 2. The van der Waals surface area contributed by atoms with Gasteiger partial charge < -0.3 is 0 Å². The number of hydrogen-bond donors (Lipinski definition) is 2. The number of aromatic nitrogens is 5. The number of aromatic amines is 2. The molecule has 6 nitrogen and oxygen atoms in total. The predicted molar refractivity (Wildman–Crippen MR) is 60.0 cm³/mol. The van der Waals surface area contributed by atoms with Gasteiger partial charge in [-0.25, -0.2) is 9.89 Å². The molecule has 2 rings (SSSR count). The highest BCUT2D eigenvalue weighted by Gasteiger charge is 2.10. The van der Waals surface area contributed by atoms with Crippen LogP contribution in [0, 0.1) is 0 Å². The second kappa shape index (κ2) is 4.78. The Morgan fingerprint density at radius 1 is 1.38 bits per heavy atom. The number of H-pyrrole nitrogens is 2. The van der Waals surface area contributed by atoms with E-state index in [0.717, 1.165) is 25.0 Å². The van der Waals surface area contributed by atoms with E-state index in [1.165, 1.54) is 0 Å². The molecule has 0 aliphatic carbocycles. The molecule has 0 aromatic carbocycles. The lowest BCUT2D eigenvalue weighted by Gasteiger charge is -2.02. The zero-order valence-electron chi connectivity index (χ0n) is 9.23. The lowest BCUT2D eigenvalue weighted by atomic mass is 10.2. The molecular weight excluding hydrogens is 206 g/mol. The first-order chi connectivity index (χ1) is 7.83. The summed E-state index contributed by atoms with van der Waals surface area (Å²) in [5.41, 5.74) is 0.593. The third-order valence-electron chi connectivity index (χ3n) is 2.49. The maximum Gasteiger partial charge on any atom is 0.343 e. The SMILES string of the molecule is CCCCCn1c(-c2ccn[nH]2)n[nH]c1=O. The van der Waals surface area contributed by atoms with Crippen LogP contribution in [-0.4, -0.2) is 25.0 Å². The summed E-state index contributed by atoms with van der Waals surface area (Å²) in [6.07, 6.45) is 4.87. The molecule has 2 heterocycles. The van der Waals surface area contributed by atoms with Gasteiger partial charge in [0, 0.05) is 12.7 Å². The van der Waals surface area contributed by atoms with E-state index in [4.69, 9.17) is 0 Å². The second-order valence-electron chi connectivity index (χ2n) is 3.68. The highest BCUT2D eigenvalue weighted by molar-refractivity contribution is 5.47. The van der Waals surface area contributed by atoms with E-state index >= 15 is 0 Å². The van der Waals surface area contributed by atoms with Gasteiger partial charge >= 0.3 is 5.69 Å². The van der Waals surface area contributed by atoms with Crippen LogP contribution in [-0.2, 0) is 6.54 Å². The van der Waals surface area contributed by atoms with Crippen molar-refractivity contribution in [3.05, 3.63) is 22.7 Å². The van der Waals surface area contributed by atoms with E-state index in [2.05, 4.69) is 27.3 Å². The summed E-state index contributed by atoms with van der Waals surface area (Å²) in [4.78, 5) is 11.5. The zero-order chi connectivity index (χ0) is 11.4. The third-order valence-corrected chi connectivity index (χ3v) is 2.49. The van der Waals surface area contributed by atoms with Crippen LogP contribution < -0.4 is 5.69 Å². The molecule has 0 radical (unpaired) electrons. The topological polar surface area (TPSA) is 79.4 Å². The molecule has 0 fully saturated rings. The van der Waals surface area contributed by atoms with Crippen molar-refractivity contribution in [3.8, 4) is 11.5 Å². The molecule has 16 heavy (non-hydrogen) atoms. The first-order valence-corrected chi connectivity index (χ1v) is 5.48. The quantitative estimate of drug-likeness (QED) is 0.743. The van der Waals surface area contributed by atoms with Gasteiger partial charge in [-0.3, -0.25) is 9.67 Å². The van der Waals surface area contributed by atoms with E-state index in [1.807, 2.05) is 0 Å². The van der Waals surface area contributed by atoms with E-state index in [1.54, 1.807) is 16.8 Å². The molecule has 0 saturated carbocycles. The lowest BCUT2D eigenvalue weighted by molar-refractivity contribution is 0.592. The minimum Gasteiger partial charge on any atom is -0.275 e. The Labute approximate surface area is 92.7 Å². The van der Waals surface area contributed by atoms with Crippen LogP contribution in [0.5, 0.6) is 0 Å². The second-order valence-corrected chi connectivity index (χ2v) is 3.68. The largest absolute Gasteiger partial charge is 0.343 e. The number of nitrogens with zero attached hydrogens (tertiary/aromatic N) is 3. The molecule has 0 saturated heterocycles. The van der Waals surface area contributed by atoms with Crippen molar-refractivity contribution in [1.82, 2.24) is 25.0 Å². The Kier molecular flexibility index (Phi) is 3.19. The normalized spacial score (nSPS) is 10.8. The minimum absolute atomic E-state index is 0.166. The van der Waals surface area contributed by atoms with Crippen LogP contribution in [0.15, 0.2) is 17.1 Å². The van der Waals surface area contributed by atoms with Crippen LogP contribution in [0.3, 0.4) is 0 Å². The van der Waals surface area contributed by atoms with Crippen molar-refractivity contribution in [2.24, 2.45) is 0 Å². The van der Waals surface area contributed by atoms with E-state index < -0.39 is 0 Å². The van der Waals surface area contributed by atoms with Gasteiger partial charge in [0.1, 0.15) is 5.69 Å². The molecule has 2 aromatic heterocycles. The monoisotopic (exact) mass is 221 g/mol. The van der Waals surface area contributed by atoms with Gasteiger partial charge in [-0.2, -0.15) is 10.2 Å². The molecule has 0 aliphatic rings. The number of rotatable bonds is 5. The van der Waals surface area contributed by atoms with Crippen LogP contribution in [0.1, 0.15) is 26.2 Å². The maximum atomic E-state index is 11.5. The summed E-state index contributed by atoms with van der Waals surface area (Å²) in [6.45, 7) is 2.82. The Hall–Kier alpha value is -1.85. The van der Waals surface area contributed by atoms with Crippen LogP contribution in [0.4, 0.5) is 0 Å². The van der Waals surface area contributed by atoms with E-state index in [-0.39, 0.29) is 5.69 Å². The van der Waals surface area contributed by atoms with Crippen molar-refractivity contribution in [1.29, 1.82) is 0 Å². The molecule has 6 heteroatoms. The van der Waals surface area contributed by atoms with Gasteiger partial charge in [0.2, 0.25) is 0 Å². The van der Waals surface area contributed by atoms with E-state index in [0.29, 0.717) is 12.4 Å². The fourth-order valence-corrected chi connectivity index (χ4v) is 1.63. The molecule has 0 spiro atoms. The first-order valence-electron chi connectivity index (χ1n) is 5.48. The fraction of sp³-hybridized carbons (Fsp3) is 0.500. The lowest BCUT2D eigenvalue weighted by Crippen LogP contribution is -2.17. The van der Waals surface area contributed by atoms with Crippen molar-refractivity contribution in [3.63, 3.8) is 0 Å². The Morgan fingerprint density at radius 3 is 2.94 bits per heavy atom. The maximum absolute atomic E-state index is 11.5. The van der Waals surface area contributed by atoms with Crippen LogP contribution in [0.25, 0.3) is 11.5 Å². The van der Waals surface area contributed by atoms with Crippen molar-refractivity contribution < 1.29 is 0 Å². The Balaban J connectivity index is 2.23.